The highest BCUT2D eigenvalue weighted by Crippen LogP contribution is 2.31. The van der Waals surface area contributed by atoms with E-state index in [2.05, 4.69) is 50.4 Å². The molecule has 3 aromatic carbocycles. The molecular weight excluding hydrogens is 346 g/mol. The molecule has 0 atom stereocenters. The van der Waals surface area contributed by atoms with E-state index in [1.165, 1.54) is 5.56 Å². The van der Waals surface area contributed by atoms with E-state index in [0.29, 0.717) is 19.8 Å². The summed E-state index contributed by atoms with van der Waals surface area (Å²) in [5.41, 5.74) is 3.41. The van der Waals surface area contributed by atoms with E-state index in [0.717, 1.165) is 22.7 Å². The Kier molecular flexibility index (Phi) is 6.59. The lowest BCUT2D eigenvalue weighted by Crippen LogP contribution is -2.16. The maximum Gasteiger partial charge on any atom is 0.142 e. The molecule has 146 valence electrons. The standard InChI is InChI=1S/C25H29NO2/c1-25(2,3)21-13-7-9-15-23(21)27-18-17-26-22-14-8-10-16-24(22)28-19-20-11-5-4-6-12-20/h4-16,26H,17-19H2,1-3H3. The largest absolute Gasteiger partial charge is 0.491 e. The molecule has 0 aliphatic heterocycles. The number of ether oxygens (including phenoxy) is 2. The highest BCUT2D eigenvalue weighted by molar-refractivity contribution is 5.56. The third-order valence-electron chi connectivity index (χ3n) is 4.49. The topological polar surface area (TPSA) is 30.5 Å². The fourth-order valence-corrected chi connectivity index (χ4v) is 3.03. The lowest BCUT2D eigenvalue weighted by Gasteiger charge is -2.22. The molecule has 0 aliphatic carbocycles. The molecule has 0 spiro atoms. The van der Waals surface area contributed by atoms with Gasteiger partial charge in [-0.15, -0.1) is 0 Å². The summed E-state index contributed by atoms with van der Waals surface area (Å²) in [5.74, 6) is 1.80. The van der Waals surface area contributed by atoms with Crippen molar-refractivity contribution in [3.05, 3.63) is 90.0 Å². The summed E-state index contributed by atoms with van der Waals surface area (Å²) >= 11 is 0. The third kappa shape index (κ3) is 5.53. The number of anilines is 1. The van der Waals surface area contributed by atoms with Crippen molar-refractivity contribution in [1.82, 2.24) is 0 Å². The van der Waals surface area contributed by atoms with Gasteiger partial charge in [0.15, 0.2) is 0 Å². The van der Waals surface area contributed by atoms with Crippen molar-refractivity contribution in [2.45, 2.75) is 32.8 Å². The Morgan fingerprint density at radius 2 is 1.36 bits per heavy atom. The van der Waals surface area contributed by atoms with Crippen LogP contribution < -0.4 is 14.8 Å². The second kappa shape index (κ2) is 9.32. The van der Waals surface area contributed by atoms with Crippen LogP contribution in [0.4, 0.5) is 5.69 Å². The number of hydrogen-bond donors (Lipinski definition) is 1. The van der Waals surface area contributed by atoms with Gasteiger partial charge in [-0.3, -0.25) is 0 Å². The van der Waals surface area contributed by atoms with Crippen molar-refractivity contribution >= 4 is 5.69 Å². The van der Waals surface area contributed by atoms with Gasteiger partial charge in [0, 0.05) is 6.54 Å². The molecule has 0 aromatic heterocycles. The monoisotopic (exact) mass is 375 g/mol. The molecular formula is C25H29NO2. The van der Waals surface area contributed by atoms with E-state index in [-0.39, 0.29) is 5.41 Å². The Hall–Kier alpha value is -2.94. The van der Waals surface area contributed by atoms with Crippen LogP contribution in [0.25, 0.3) is 0 Å². The molecule has 28 heavy (non-hydrogen) atoms. The fourth-order valence-electron chi connectivity index (χ4n) is 3.03. The second-order valence-corrected chi connectivity index (χ2v) is 7.79. The summed E-state index contributed by atoms with van der Waals surface area (Å²) in [7, 11) is 0. The van der Waals surface area contributed by atoms with Gasteiger partial charge in [0.2, 0.25) is 0 Å². The molecule has 1 N–H and O–H groups in total. The molecule has 3 heteroatoms. The van der Waals surface area contributed by atoms with E-state index >= 15 is 0 Å². The Labute approximate surface area is 168 Å². The smallest absolute Gasteiger partial charge is 0.142 e. The zero-order valence-corrected chi connectivity index (χ0v) is 16.9. The lowest BCUT2D eigenvalue weighted by atomic mass is 9.86. The normalized spacial score (nSPS) is 11.1. The number of benzene rings is 3. The fraction of sp³-hybridized carbons (Fsp3) is 0.280. The Morgan fingerprint density at radius 1 is 0.714 bits per heavy atom. The van der Waals surface area contributed by atoms with Crippen molar-refractivity contribution in [1.29, 1.82) is 0 Å². The molecule has 0 saturated heterocycles. The summed E-state index contributed by atoms with van der Waals surface area (Å²) in [6, 6.07) is 26.5. The van der Waals surface area contributed by atoms with Crippen molar-refractivity contribution < 1.29 is 9.47 Å². The van der Waals surface area contributed by atoms with Gasteiger partial charge in [0.1, 0.15) is 24.7 Å². The van der Waals surface area contributed by atoms with Crippen LogP contribution in [0.1, 0.15) is 31.9 Å². The van der Waals surface area contributed by atoms with Crippen LogP contribution in [0.5, 0.6) is 11.5 Å². The van der Waals surface area contributed by atoms with Crippen molar-refractivity contribution in [3.63, 3.8) is 0 Å². The van der Waals surface area contributed by atoms with E-state index in [1.807, 2.05) is 54.6 Å². The summed E-state index contributed by atoms with van der Waals surface area (Å²) in [6.45, 7) is 8.44. The molecule has 0 radical (unpaired) electrons. The maximum atomic E-state index is 6.05. The Morgan fingerprint density at radius 3 is 2.11 bits per heavy atom. The summed E-state index contributed by atoms with van der Waals surface area (Å²) in [4.78, 5) is 0. The molecule has 3 nitrogen and oxygen atoms in total. The first-order valence-electron chi connectivity index (χ1n) is 9.76. The van der Waals surface area contributed by atoms with Crippen LogP contribution in [0.2, 0.25) is 0 Å². The highest BCUT2D eigenvalue weighted by atomic mass is 16.5. The molecule has 3 aromatic rings. The van der Waals surface area contributed by atoms with Gasteiger partial charge in [-0.2, -0.15) is 0 Å². The van der Waals surface area contributed by atoms with Crippen LogP contribution in [0, 0.1) is 0 Å². The second-order valence-electron chi connectivity index (χ2n) is 7.79. The van der Waals surface area contributed by atoms with Crippen LogP contribution in [-0.2, 0) is 12.0 Å². The minimum atomic E-state index is 0.0574. The number of para-hydroxylation sites is 3. The molecule has 0 aliphatic rings. The van der Waals surface area contributed by atoms with Gasteiger partial charge < -0.3 is 14.8 Å². The lowest BCUT2D eigenvalue weighted by molar-refractivity contribution is 0.306. The minimum absolute atomic E-state index is 0.0574. The minimum Gasteiger partial charge on any atom is -0.491 e. The zero-order chi connectivity index (χ0) is 19.8. The average molecular weight is 376 g/mol. The molecule has 3 rings (SSSR count). The van der Waals surface area contributed by atoms with Crippen molar-refractivity contribution in [2.24, 2.45) is 0 Å². The van der Waals surface area contributed by atoms with Crippen molar-refractivity contribution in [3.8, 4) is 11.5 Å². The van der Waals surface area contributed by atoms with Gasteiger partial charge in [-0.05, 0) is 34.7 Å². The number of nitrogens with one attached hydrogen (secondary N) is 1. The summed E-state index contributed by atoms with van der Waals surface area (Å²) in [5, 5.41) is 3.43. The summed E-state index contributed by atoms with van der Waals surface area (Å²) < 4.78 is 12.1. The molecule has 0 heterocycles. The van der Waals surface area contributed by atoms with Crippen LogP contribution >= 0.6 is 0 Å². The number of hydrogen-bond acceptors (Lipinski definition) is 3. The van der Waals surface area contributed by atoms with Crippen LogP contribution in [0.3, 0.4) is 0 Å². The van der Waals surface area contributed by atoms with E-state index in [9.17, 15) is 0 Å². The van der Waals surface area contributed by atoms with E-state index in [4.69, 9.17) is 9.47 Å². The SMILES string of the molecule is CC(C)(C)c1ccccc1OCCNc1ccccc1OCc1ccccc1. The molecule has 0 saturated carbocycles. The van der Waals surface area contributed by atoms with Gasteiger partial charge in [0.25, 0.3) is 0 Å². The molecule has 0 unspecified atom stereocenters. The van der Waals surface area contributed by atoms with Gasteiger partial charge in [-0.25, -0.2) is 0 Å². The third-order valence-corrected chi connectivity index (χ3v) is 4.49. The Balaban J connectivity index is 1.55. The first kappa shape index (κ1) is 19.8. The van der Waals surface area contributed by atoms with Gasteiger partial charge >= 0.3 is 0 Å². The van der Waals surface area contributed by atoms with Crippen LogP contribution in [0.15, 0.2) is 78.9 Å². The zero-order valence-electron chi connectivity index (χ0n) is 16.9. The quantitative estimate of drug-likeness (QED) is 0.486. The van der Waals surface area contributed by atoms with Gasteiger partial charge in [0.05, 0.1) is 5.69 Å². The van der Waals surface area contributed by atoms with E-state index < -0.39 is 0 Å². The predicted octanol–water partition coefficient (Wildman–Crippen LogP) is 6.05. The predicted molar refractivity (Wildman–Crippen MR) is 116 cm³/mol. The first-order valence-corrected chi connectivity index (χ1v) is 9.76. The molecule has 0 bridgehead atoms. The summed E-state index contributed by atoms with van der Waals surface area (Å²) in [6.07, 6.45) is 0. The van der Waals surface area contributed by atoms with Gasteiger partial charge in [-0.1, -0.05) is 81.4 Å². The first-order chi connectivity index (χ1) is 13.5. The average Bonchev–Trinajstić information content (AvgIpc) is 2.71. The molecule has 0 amide bonds. The highest BCUT2D eigenvalue weighted by Gasteiger charge is 2.18. The maximum absolute atomic E-state index is 6.05. The van der Waals surface area contributed by atoms with Crippen molar-refractivity contribution in [2.75, 3.05) is 18.5 Å². The Bertz CT molecular complexity index is 869. The van der Waals surface area contributed by atoms with Crippen LogP contribution in [-0.4, -0.2) is 13.2 Å². The molecule has 0 fully saturated rings. The number of rotatable bonds is 8. The van der Waals surface area contributed by atoms with E-state index in [1.54, 1.807) is 0 Å².